The van der Waals surface area contributed by atoms with Gasteiger partial charge in [0.1, 0.15) is 0 Å². The first-order chi connectivity index (χ1) is 9.43. The van der Waals surface area contributed by atoms with Crippen molar-refractivity contribution < 1.29 is 10.2 Å². The Bertz CT molecular complexity index is 368. The van der Waals surface area contributed by atoms with E-state index in [0.717, 1.165) is 31.6 Å². The fourth-order valence-electron chi connectivity index (χ4n) is 6.30. The highest BCUT2D eigenvalue weighted by molar-refractivity contribution is 5.08. The Hall–Kier alpha value is -0.0800. The third kappa shape index (κ3) is 1.90. The van der Waals surface area contributed by atoms with Crippen LogP contribution in [0.2, 0.25) is 0 Å². The van der Waals surface area contributed by atoms with Crippen LogP contribution in [0.3, 0.4) is 0 Å². The predicted octanol–water partition coefficient (Wildman–Crippen LogP) is 3.75. The second-order valence-electron chi connectivity index (χ2n) is 8.36. The number of aliphatic hydroxyl groups is 2. The lowest BCUT2D eigenvalue weighted by Crippen LogP contribution is -2.54. The summed E-state index contributed by atoms with van der Waals surface area (Å²) >= 11 is 0. The van der Waals surface area contributed by atoms with Crippen molar-refractivity contribution in [3.63, 3.8) is 0 Å². The first kappa shape index (κ1) is 14.8. The minimum Gasteiger partial charge on any atom is -0.393 e. The van der Waals surface area contributed by atoms with Crippen molar-refractivity contribution in [2.75, 3.05) is 0 Å². The van der Waals surface area contributed by atoms with Crippen molar-refractivity contribution in [2.24, 2.45) is 28.6 Å². The number of aliphatic hydroxyl groups excluding tert-OH is 2. The van der Waals surface area contributed by atoms with Gasteiger partial charge in [-0.3, -0.25) is 0 Å². The molecule has 0 heterocycles. The summed E-state index contributed by atoms with van der Waals surface area (Å²) in [6.07, 6.45) is 8.85. The lowest BCUT2D eigenvalue weighted by molar-refractivity contribution is -0.137. The van der Waals surface area contributed by atoms with E-state index in [9.17, 15) is 10.2 Å². The molecule has 0 aromatic carbocycles. The van der Waals surface area contributed by atoms with Crippen molar-refractivity contribution in [1.82, 2.24) is 0 Å². The zero-order valence-electron chi connectivity index (χ0n) is 13.4. The van der Waals surface area contributed by atoms with Gasteiger partial charge in [-0.05, 0) is 73.5 Å². The Morgan fingerprint density at radius 1 is 0.900 bits per heavy atom. The Balaban J connectivity index is 1.89. The minimum absolute atomic E-state index is 0.0854. The lowest BCUT2D eigenvalue weighted by Gasteiger charge is -2.57. The fourth-order valence-corrected chi connectivity index (χ4v) is 6.30. The molecule has 0 aromatic rings. The summed E-state index contributed by atoms with van der Waals surface area (Å²) in [6.45, 7) is 6.91. The molecule has 7 atom stereocenters. The molecule has 116 valence electrons. The smallest absolute Gasteiger partial charge is 0.0596 e. The molecule has 0 radical (unpaired) electrons. The molecule has 3 unspecified atom stereocenters. The zero-order valence-corrected chi connectivity index (χ0v) is 13.4. The zero-order chi connectivity index (χ0) is 14.5. The molecule has 0 aliphatic heterocycles. The molecule has 2 heteroatoms. The van der Waals surface area contributed by atoms with E-state index in [1.54, 1.807) is 0 Å². The van der Waals surface area contributed by atoms with E-state index in [4.69, 9.17) is 0 Å². The van der Waals surface area contributed by atoms with E-state index >= 15 is 0 Å². The quantitative estimate of drug-likeness (QED) is 0.808. The lowest BCUT2D eigenvalue weighted by atomic mass is 9.48. The largest absolute Gasteiger partial charge is 0.393 e. The topological polar surface area (TPSA) is 40.5 Å². The molecule has 0 saturated heterocycles. The van der Waals surface area contributed by atoms with Crippen LogP contribution in [0.25, 0.3) is 0 Å². The molecule has 0 bridgehead atoms. The molecule has 2 N–H and O–H groups in total. The molecule has 3 aliphatic rings. The molecule has 0 amide bonds. The summed E-state index contributed by atoms with van der Waals surface area (Å²) in [5.74, 6) is 2.11. The number of rotatable bonds is 2. The van der Waals surface area contributed by atoms with Crippen LogP contribution in [0.4, 0.5) is 0 Å². The molecule has 20 heavy (non-hydrogen) atoms. The maximum absolute atomic E-state index is 10.6. The highest BCUT2D eigenvalue weighted by atomic mass is 16.3. The van der Waals surface area contributed by atoms with Crippen LogP contribution < -0.4 is 0 Å². The van der Waals surface area contributed by atoms with Crippen molar-refractivity contribution in [3.05, 3.63) is 0 Å². The summed E-state index contributed by atoms with van der Waals surface area (Å²) in [5.41, 5.74) is 0.281. The molecule has 3 saturated carbocycles. The van der Waals surface area contributed by atoms with Gasteiger partial charge in [-0.25, -0.2) is 0 Å². The summed E-state index contributed by atoms with van der Waals surface area (Å²) < 4.78 is 0. The Morgan fingerprint density at radius 2 is 1.60 bits per heavy atom. The van der Waals surface area contributed by atoms with Gasteiger partial charge in [-0.1, -0.05) is 27.2 Å². The molecule has 2 nitrogen and oxygen atoms in total. The normalized spacial score (nSPS) is 55.4. The van der Waals surface area contributed by atoms with E-state index in [2.05, 4.69) is 20.8 Å². The van der Waals surface area contributed by atoms with Crippen molar-refractivity contribution in [1.29, 1.82) is 0 Å². The molecule has 3 aliphatic carbocycles. The Morgan fingerprint density at radius 3 is 2.30 bits per heavy atom. The molecule has 0 aromatic heterocycles. The third-order valence-electron chi connectivity index (χ3n) is 7.56. The summed E-state index contributed by atoms with van der Waals surface area (Å²) in [4.78, 5) is 0. The number of hydrogen-bond donors (Lipinski definition) is 2. The molecule has 0 spiro atoms. The highest BCUT2D eigenvalue weighted by Crippen LogP contribution is 2.63. The van der Waals surface area contributed by atoms with Gasteiger partial charge in [0.25, 0.3) is 0 Å². The standard InChI is InChI=1S/C18H32O2/c1-4-10-17(2)14-9-11-18(3)13(6-8-16(18)20)12(14)5-7-15(17)19/h12-16,19-20H,4-11H2,1-3H3/t12-,13-,14?,15?,16?,17+,18-/m0/s1. The van der Waals surface area contributed by atoms with Crippen LogP contribution in [-0.4, -0.2) is 22.4 Å². The van der Waals surface area contributed by atoms with Crippen LogP contribution in [0, 0.1) is 28.6 Å². The maximum Gasteiger partial charge on any atom is 0.0596 e. The van der Waals surface area contributed by atoms with Gasteiger partial charge >= 0.3 is 0 Å². The van der Waals surface area contributed by atoms with Gasteiger partial charge in [0.05, 0.1) is 12.2 Å². The SMILES string of the molecule is CCC[C@@]1(C)C(O)CC[C@@H]2C1CC[C@]1(C)C(O)CC[C@@H]21. The summed E-state index contributed by atoms with van der Waals surface area (Å²) in [6, 6.07) is 0. The Kier molecular flexibility index (Phi) is 3.70. The maximum atomic E-state index is 10.6. The summed E-state index contributed by atoms with van der Waals surface area (Å²) in [5, 5.41) is 21.0. The fraction of sp³-hybridized carbons (Fsp3) is 1.00. The molecule has 3 fully saturated rings. The van der Waals surface area contributed by atoms with Crippen LogP contribution in [-0.2, 0) is 0 Å². The van der Waals surface area contributed by atoms with Gasteiger partial charge in [-0.2, -0.15) is 0 Å². The monoisotopic (exact) mass is 280 g/mol. The van der Waals surface area contributed by atoms with Crippen LogP contribution in [0.1, 0.15) is 72.1 Å². The van der Waals surface area contributed by atoms with Crippen molar-refractivity contribution in [2.45, 2.75) is 84.3 Å². The molecular formula is C18H32O2. The highest BCUT2D eigenvalue weighted by Gasteiger charge is 2.58. The first-order valence-corrected chi connectivity index (χ1v) is 8.79. The first-order valence-electron chi connectivity index (χ1n) is 8.79. The second kappa shape index (κ2) is 4.98. The van der Waals surface area contributed by atoms with Gasteiger partial charge < -0.3 is 10.2 Å². The summed E-state index contributed by atoms with van der Waals surface area (Å²) in [7, 11) is 0. The number of hydrogen-bond acceptors (Lipinski definition) is 2. The van der Waals surface area contributed by atoms with Crippen LogP contribution >= 0.6 is 0 Å². The third-order valence-corrected chi connectivity index (χ3v) is 7.56. The van der Waals surface area contributed by atoms with Crippen molar-refractivity contribution >= 4 is 0 Å². The minimum atomic E-state index is -0.112. The second-order valence-corrected chi connectivity index (χ2v) is 8.36. The van der Waals surface area contributed by atoms with Gasteiger partial charge in [0.15, 0.2) is 0 Å². The van der Waals surface area contributed by atoms with E-state index in [1.807, 2.05) is 0 Å². The van der Waals surface area contributed by atoms with E-state index in [0.29, 0.717) is 11.8 Å². The van der Waals surface area contributed by atoms with Crippen molar-refractivity contribution in [3.8, 4) is 0 Å². The molecular weight excluding hydrogens is 248 g/mol. The average molecular weight is 280 g/mol. The Labute approximate surface area is 124 Å². The van der Waals surface area contributed by atoms with E-state index in [-0.39, 0.29) is 23.0 Å². The molecule has 3 rings (SSSR count). The van der Waals surface area contributed by atoms with Gasteiger partial charge in [0, 0.05) is 0 Å². The predicted molar refractivity (Wildman–Crippen MR) is 81.3 cm³/mol. The van der Waals surface area contributed by atoms with Gasteiger partial charge in [0.2, 0.25) is 0 Å². The average Bonchev–Trinajstić information content (AvgIpc) is 2.71. The van der Waals surface area contributed by atoms with E-state index < -0.39 is 0 Å². The van der Waals surface area contributed by atoms with Crippen LogP contribution in [0.15, 0.2) is 0 Å². The van der Waals surface area contributed by atoms with Crippen LogP contribution in [0.5, 0.6) is 0 Å². The van der Waals surface area contributed by atoms with E-state index in [1.165, 1.54) is 25.7 Å². The number of fused-ring (bicyclic) bond motifs is 3. The van der Waals surface area contributed by atoms with Gasteiger partial charge in [-0.15, -0.1) is 0 Å².